The molecule has 0 amide bonds. The molecule has 0 spiro atoms. The molecule has 2 aliphatic rings. The second-order valence-corrected chi connectivity index (χ2v) is 11.3. The first-order valence-corrected chi connectivity index (χ1v) is 13.3. The molecule has 1 unspecified atom stereocenters. The fourth-order valence-corrected chi connectivity index (χ4v) is 6.12. The Balaban J connectivity index is 1.53. The monoisotopic (exact) mass is 546 g/mol. The summed E-state index contributed by atoms with van der Waals surface area (Å²) < 4.78 is 95.9. The molecule has 37 heavy (non-hydrogen) atoms. The Morgan fingerprint density at radius 1 is 1.14 bits per heavy atom. The second-order valence-electron chi connectivity index (χ2n) is 9.40. The van der Waals surface area contributed by atoms with E-state index in [-0.39, 0.29) is 47.2 Å². The normalized spacial score (nSPS) is 20.0. The Hall–Kier alpha value is -3.07. The summed E-state index contributed by atoms with van der Waals surface area (Å²) in [5.74, 6) is -4.97. The number of benzene rings is 1. The van der Waals surface area contributed by atoms with Crippen molar-refractivity contribution in [3.63, 3.8) is 0 Å². The van der Waals surface area contributed by atoms with Crippen LogP contribution in [0, 0.1) is 17.6 Å². The lowest BCUT2D eigenvalue weighted by atomic mass is 9.79. The van der Waals surface area contributed by atoms with Gasteiger partial charge in [0.15, 0.2) is 23.0 Å². The Morgan fingerprint density at radius 2 is 1.84 bits per heavy atom. The maximum Gasteiger partial charge on any atom is 0.419 e. The molecule has 1 saturated heterocycles. The number of hydrogen-bond acceptors (Lipinski definition) is 7. The molecule has 15 heteroatoms. The molecule has 1 N–H and O–H groups in total. The number of rotatable bonds is 4. The van der Waals surface area contributed by atoms with Crippen molar-refractivity contribution in [1.29, 1.82) is 0 Å². The molecule has 1 aromatic carbocycles. The van der Waals surface area contributed by atoms with Gasteiger partial charge in [-0.25, -0.2) is 26.9 Å². The number of aromatic hydroxyl groups is 1. The molecule has 1 aliphatic carbocycles. The first kappa shape index (κ1) is 25.6. The minimum absolute atomic E-state index is 0.0922. The van der Waals surface area contributed by atoms with Crippen LogP contribution in [0.5, 0.6) is 5.75 Å². The summed E-state index contributed by atoms with van der Waals surface area (Å²) in [4.78, 5) is 10.6. The van der Waals surface area contributed by atoms with Crippen LogP contribution in [-0.4, -0.2) is 69.5 Å². The van der Waals surface area contributed by atoms with E-state index in [4.69, 9.17) is 0 Å². The van der Waals surface area contributed by atoms with Crippen LogP contribution in [0.2, 0.25) is 0 Å². The first-order valence-electron chi connectivity index (χ1n) is 11.5. The van der Waals surface area contributed by atoms with Gasteiger partial charge >= 0.3 is 6.18 Å². The molecule has 1 atom stereocenters. The average Bonchev–Trinajstić information content (AvgIpc) is 3.10. The number of fused-ring (bicyclic) bond motifs is 1. The summed E-state index contributed by atoms with van der Waals surface area (Å²) in [6, 6.07) is 0.0178. The maximum atomic E-state index is 14.7. The SMILES string of the molecule is Cn1nc(-c2cc(C(F)(F)F)c(F)c(O)c2F)c2cnc(N3CCN(S(C)(=O)=O)C(C4CCC4)C3)nc21. The summed E-state index contributed by atoms with van der Waals surface area (Å²) in [7, 11) is -1.95. The number of aromatic nitrogens is 4. The van der Waals surface area contributed by atoms with Gasteiger partial charge in [-0.1, -0.05) is 6.42 Å². The standard InChI is InChI=1S/C22H23F5N6O3S/c1-31-20-13(18(30-31)12-8-14(22(25,26)27)17(24)19(34)16(12)23)9-28-21(29-20)32-6-7-33(37(2,35)36)15(10-32)11-4-3-5-11/h8-9,11,15,34H,3-7,10H2,1-2H3. The topological polar surface area (TPSA) is 104 Å². The minimum Gasteiger partial charge on any atom is -0.503 e. The third-order valence-electron chi connectivity index (χ3n) is 7.08. The van der Waals surface area contributed by atoms with Crippen molar-refractivity contribution in [3.8, 4) is 17.0 Å². The van der Waals surface area contributed by atoms with E-state index in [1.807, 2.05) is 4.90 Å². The summed E-state index contributed by atoms with van der Waals surface area (Å²) in [5.41, 5.74) is -2.71. The third kappa shape index (κ3) is 4.37. The van der Waals surface area contributed by atoms with Gasteiger partial charge < -0.3 is 10.0 Å². The van der Waals surface area contributed by atoms with E-state index in [9.17, 15) is 35.5 Å². The highest BCUT2D eigenvalue weighted by Gasteiger charge is 2.41. The van der Waals surface area contributed by atoms with Gasteiger partial charge in [-0.2, -0.15) is 27.6 Å². The van der Waals surface area contributed by atoms with Crippen LogP contribution in [-0.2, 0) is 23.2 Å². The lowest BCUT2D eigenvalue weighted by Gasteiger charge is -2.46. The van der Waals surface area contributed by atoms with Crippen molar-refractivity contribution in [2.24, 2.45) is 13.0 Å². The van der Waals surface area contributed by atoms with Crippen molar-refractivity contribution >= 4 is 27.0 Å². The number of halogens is 5. The lowest BCUT2D eigenvalue weighted by Crippen LogP contribution is -2.59. The molecule has 0 bridgehead atoms. The van der Waals surface area contributed by atoms with Crippen LogP contribution < -0.4 is 4.90 Å². The second kappa shape index (κ2) is 8.75. The lowest BCUT2D eigenvalue weighted by molar-refractivity contribution is -0.140. The van der Waals surface area contributed by atoms with Crippen LogP contribution in [0.15, 0.2) is 12.3 Å². The van der Waals surface area contributed by atoms with Crippen molar-refractivity contribution in [1.82, 2.24) is 24.1 Å². The number of piperazine rings is 1. The highest BCUT2D eigenvalue weighted by Crippen LogP contribution is 2.41. The van der Waals surface area contributed by atoms with Gasteiger partial charge in [0.25, 0.3) is 0 Å². The molecule has 2 fully saturated rings. The predicted molar refractivity (Wildman–Crippen MR) is 123 cm³/mol. The number of sulfonamides is 1. The van der Waals surface area contributed by atoms with E-state index in [2.05, 4.69) is 15.1 Å². The van der Waals surface area contributed by atoms with Crippen LogP contribution in [0.4, 0.5) is 27.9 Å². The molecule has 1 saturated carbocycles. The maximum absolute atomic E-state index is 14.7. The average molecular weight is 547 g/mol. The molecule has 5 rings (SSSR count). The van der Waals surface area contributed by atoms with Crippen molar-refractivity contribution in [2.75, 3.05) is 30.8 Å². The fraction of sp³-hybridized carbons (Fsp3) is 0.500. The minimum atomic E-state index is -5.18. The molecular weight excluding hydrogens is 523 g/mol. The number of anilines is 1. The smallest absolute Gasteiger partial charge is 0.419 e. The Morgan fingerprint density at radius 3 is 2.43 bits per heavy atom. The Kier molecular flexibility index (Phi) is 6.05. The summed E-state index contributed by atoms with van der Waals surface area (Å²) >= 11 is 0. The van der Waals surface area contributed by atoms with Crippen LogP contribution in [0.1, 0.15) is 24.8 Å². The molecule has 0 radical (unpaired) electrons. The van der Waals surface area contributed by atoms with Gasteiger partial charge in [-0.05, 0) is 24.8 Å². The number of phenolic OH excluding ortho intramolecular Hbond substituents is 1. The van der Waals surface area contributed by atoms with E-state index in [0.717, 1.165) is 19.3 Å². The predicted octanol–water partition coefficient (Wildman–Crippen LogP) is 3.28. The number of hydrogen-bond donors (Lipinski definition) is 1. The highest BCUT2D eigenvalue weighted by molar-refractivity contribution is 7.88. The van der Waals surface area contributed by atoms with Crippen LogP contribution in [0.3, 0.4) is 0 Å². The quantitative estimate of drug-likeness (QED) is 0.501. The van der Waals surface area contributed by atoms with Crippen molar-refractivity contribution in [3.05, 3.63) is 29.5 Å². The largest absolute Gasteiger partial charge is 0.503 e. The summed E-state index contributed by atoms with van der Waals surface area (Å²) in [5, 5.41) is 13.9. The Bertz CT molecular complexity index is 1490. The molecule has 9 nitrogen and oxygen atoms in total. The van der Waals surface area contributed by atoms with Crippen LogP contribution >= 0.6 is 0 Å². The van der Waals surface area contributed by atoms with E-state index in [1.165, 1.54) is 28.5 Å². The zero-order valence-electron chi connectivity index (χ0n) is 19.8. The zero-order valence-corrected chi connectivity index (χ0v) is 20.6. The van der Waals surface area contributed by atoms with Gasteiger partial charge in [0.05, 0.1) is 17.2 Å². The molecule has 1 aliphatic heterocycles. The highest BCUT2D eigenvalue weighted by atomic mass is 32.2. The van der Waals surface area contributed by atoms with Gasteiger partial charge in [0.2, 0.25) is 16.0 Å². The summed E-state index contributed by atoms with van der Waals surface area (Å²) in [6.45, 7) is 0.934. The van der Waals surface area contributed by atoms with Crippen molar-refractivity contribution < 1.29 is 35.5 Å². The number of alkyl halides is 3. The molecular formula is C22H23F5N6O3S. The van der Waals surface area contributed by atoms with Gasteiger partial charge in [0, 0.05) is 44.5 Å². The van der Waals surface area contributed by atoms with E-state index in [1.54, 1.807) is 0 Å². The Labute approximate surface area is 208 Å². The van der Waals surface area contributed by atoms with Gasteiger partial charge in [-0.15, -0.1) is 0 Å². The zero-order chi connectivity index (χ0) is 26.9. The molecule has 200 valence electrons. The van der Waals surface area contributed by atoms with Crippen LogP contribution in [0.25, 0.3) is 22.3 Å². The van der Waals surface area contributed by atoms with Gasteiger partial charge in [-0.3, -0.25) is 0 Å². The van der Waals surface area contributed by atoms with Crippen molar-refractivity contribution in [2.45, 2.75) is 31.5 Å². The summed E-state index contributed by atoms with van der Waals surface area (Å²) in [6.07, 6.45) is 0.157. The number of phenols is 1. The third-order valence-corrected chi connectivity index (χ3v) is 8.38. The van der Waals surface area contributed by atoms with E-state index in [0.29, 0.717) is 13.1 Å². The number of aryl methyl sites for hydroxylation is 1. The molecule has 2 aromatic heterocycles. The van der Waals surface area contributed by atoms with Gasteiger partial charge in [0.1, 0.15) is 5.69 Å². The fourth-order valence-electron chi connectivity index (χ4n) is 4.98. The van der Waals surface area contributed by atoms with E-state index < -0.39 is 44.7 Å². The first-order chi connectivity index (χ1) is 17.3. The number of nitrogens with zero attached hydrogens (tertiary/aromatic N) is 6. The molecule has 3 heterocycles. The molecule has 3 aromatic rings. The van der Waals surface area contributed by atoms with E-state index >= 15 is 0 Å².